The van der Waals surface area contributed by atoms with Crippen molar-refractivity contribution >= 4 is 16.9 Å². The van der Waals surface area contributed by atoms with E-state index in [0.717, 1.165) is 22.4 Å². The summed E-state index contributed by atoms with van der Waals surface area (Å²) in [5.41, 5.74) is 2.80. The number of imidazole rings is 1. The summed E-state index contributed by atoms with van der Waals surface area (Å²) in [6, 6.07) is 17.3. The minimum atomic E-state index is -0.620. The first-order valence-corrected chi connectivity index (χ1v) is 7.46. The average molecular weight is 309 g/mol. The molecule has 5 heteroatoms. The number of hydrogen-bond donors (Lipinski definition) is 1. The van der Waals surface area contributed by atoms with E-state index in [1.54, 1.807) is 0 Å². The van der Waals surface area contributed by atoms with E-state index < -0.39 is 6.10 Å². The molecular formula is C18H19N3O2. The molecule has 1 unspecified atom stereocenters. The molecule has 0 saturated heterocycles. The van der Waals surface area contributed by atoms with E-state index in [9.17, 15) is 4.79 Å². The first-order chi connectivity index (χ1) is 11.2. The van der Waals surface area contributed by atoms with Gasteiger partial charge in [0.15, 0.2) is 6.10 Å². The fourth-order valence-electron chi connectivity index (χ4n) is 2.63. The van der Waals surface area contributed by atoms with E-state index in [0.29, 0.717) is 6.54 Å². The number of methoxy groups -OCH3 is 1. The Morgan fingerprint density at radius 2 is 1.87 bits per heavy atom. The number of carbonyl (C=O) groups is 1. The highest BCUT2D eigenvalue weighted by molar-refractivity contribution is 5.82. The van der Waals surface area contributed by atoms with Crippen LogP contribution in [0.3, 0.4) is 0 Å². The molecule has 0 aliphatic carbocycles. The summed E-state index contributed by atoms with van der Waals surface area (Å²) in [4.78, 5) is 17.0. The van der Waals surface area contributed by atoms with Crippen LogP contribution in [0, 0.1) is 0 Å². The van der Waals surface area contributed by atoms with Crippen LogP contribution in [0.1, 0.15) is 17.5 Å². The van der Waals surface area contributed by atoms with E-state index in [-0.39, 0.29) is 5.91 Å². The zero-order valence-corrected chi connectivity index (χ0v) is 13.2. The van der Waals surface area contributed by atoms with Crippen molar-refractivity contribution in [2.75, 3.05) is 7.11 Å². The van der Waals surface area contributed by atoms with Gasteiger partial charge in [0.2, 0.25) is 0 Å². The van der Waals surface area contributed by atoms with Crippen molar-refractivity contribution < 1.29 is 9.53 Å². The lowest BCUT2D eigenvalue weighted by Crippen LogP contribution is -2.30. The van der Waals surface area contributed by atoms with Gasteiger partial charge in [0.1, 0.15) is 5.82 Å². The maximum Gasteiger partial charge on any atom is 0.254 e. The number of rotatable bonds is 5. The maximum absolute atomic E-state index is 12.4. The van der Waals surface area contributed by atoms with Crippen LogP contribution in [0.4, 0.5) is 0 Å². The van der Waals surface area contributed by atoms with Crippen LogP contribution >= 0.6 is 0 Å². The number of nitrogens with zero attached hydrogens (tertiary/aromatic N) is 2. The highest BCUT2D eigenvalue weighted by Gasteiger charge is 2.20. The van der Waals surface area contributed by atoms with Gasteiger partial charge in [-0.25, -0.2) is 4.98 Å². The van der Waals surface area contributed by atoms with Gasteiger partial charge in [0.25, 0.3) is 5.91 Å². The first kappa shape index (κ1) is 15.2. The van der Waals surface area contributed by atoms with Crippen molar-refractivity contribution in [3.8, 4) is 0 Å². The van der Waals surface area contributed by atoms with Crippen molar-refractivity contribution in [1.82, 2.24) is 14.9 Å². The number of hydrogen-bond acceptors (Lipinski definition) is 3. The first-order valence-electron chi connectivity index (χ1n) is 7.46. The normalized spacial score (nSPS) is 12.3. The Morgan fingerprint density at radius 1 is 1.17 bits per heavy atom. The van der Waals surface area contributed by atoms with Gasteiger partial charge in [0.05, 0.1) is 17.6 Å². The molecule has 1 atom stereocenters. The van der Waals surface area contributed by atoms with Gasteiger partial charge in [-0.1, -0.05) is 42.5 Å². The van der Waals surface area contributed by atoms with E-state index in [1.165, 1.54) is 7.11 Å². The molecule has 0 spiro atoms. The molecule has 0 aliphatic rings. The van der Waals surface area contributed by atoms with E-state index in [2.05, 4.69) is 10.3 Å². The second-order valence-electron chi connectivity index (χ2n) is 5.32. The lowest BCUT2D eigenvalue weighted by Gasteiger charge is -2.15. The maximum atomic E-state index is 12.4. The van der Waals surface area contributed by atoms with Crippen molar-refractivity contribution in [1.29, 1.82) is 0 Å². The number of nitrogens with one attached hydrogen (secondary N) is 1. The second-order valence-corrected chi connectivity index (χ2v) is 5.32. The molecule has 0 saturated carbocycles. The molecule has 1 aromatic heterocycles. The lowest BCUT2D eigenvalue weighted by molar-refractivity contribution is -0.131. The Hall–Kier alpha value is -2.66. The largest absolute Gasteiger partial charge is 0.367 e. The molecule has 23 heavy (non-hydrogen) atoms. The number of para-hydroxylation sites is 2. The Balaban J connectivity index is 1.73. The Labute approximate surface area is 134 Å². The molecule has 1 amide bonds. The molecule has 3 aromatic rings. The molecule has 1 heterocycles. The van der Waals surface area contributed by atoms with Crippen LogP contribution in [0.15, 0.2) is 54.6 Å². The Bertz CT molecular complexity index is 812. The lowest BCUT2D eigenvalue weighted by atomic mass is 10.1. The summed E-state index contributed by atoms with van der Waals surface area (Å²) < 4.78 is 7.32. The predicted molar refractivity (Wildman–Crippen MR) is 88.8 cm³/mol. The molecule has 2 aromatic carbocycles. The summed E-state index contributed by atoms with van der Waals surface area (Å²) in [6.07, 6.45) is -0.620. The van der Waals surface area contributed by atoms with Crippen LogP contribution in [-0.2, 0) is 23.1 Å². The summed E-state index contributed by atoms with van der Waals surface area (Å²) >= 11 is 0. The monoisotopic (exact) mass is 309 g/mol. The molecule has 0 radical (unpaired) electrons. The molecule has 0 fully saturated rings. The van der Waals surface area contributed by atoms with E-state index >= 15 is 0 Å². The minimum Gasteiger partial charge on any atom is -0.367 e. The third-order valence-electron chi connectivity index (χ3n) is 3.88. The number of aromatic nitrogens is 2. The van der Waals surface area contributed by atoms with E-state index in [4.69, 9.17) is 4.74 Å². The highest BCUT2D eigenvalue weighted by atomic mass is 16.5. The van der Waals surface area contributed by atoms with Crippen molar-refractivity contribution in [3.63, 3.8) is 0 Å². The van der Waals surface area contributed by atoms with E-state index in [1.807, 2.05) is 66.2 Å². The standard InChI is InChI=1S/C18H19N3O2/c1-21-15-11-7-6-10-14(15)20-16(21)12-19-18(22)17(23-2)13-8-4-3-5-9-13/h3-11,17H,12H2,1-2H3,(H,19,22). The molecule has 5 nitrogen and oxygen atoms in total. The number of benzene rings is 2. The smallest absolute Gasteiger partial charge is 0.254 e. The molecule has 3 rings (SSSR count). The summed E-state index contributed by atoms with van der Waals surface area (Å²) in [5.74, 6) is 0.633. The highest BCUT2D eigenvalue weighted by Crippen LogP contribution is 2.17. The topological polar surface area (TPSA) is 56.1 Å². The average Bonchev–Trinajstić information content (AvgIpc) is 2.91. The number of amides is 1. The van der Waals surface area contributed by atoms with Crippen LogP contribution in [0.25, 0.3) is 11.0 Å². The van der Waals surface area contributed by atoms with Gasteiger partial charge in [-0.3, -0.25) is 4.79 Å². The fraction of sp³-hybridized carbons (Fsp3) is 0.222. The fourth-order valence-corrected chi connectivity index (χ4v) is 2.63. The van der Waals surface area contributed by atoms with Gasteiger partial charge < -0.3 is 14.6 Å². The predicted octanol–water partition coefficient (Wildman–Crippen LogP) is 2.58. The molecule has 0 bridgehead atoms. The SMILES string of the molecule is COC(C(=O)NCc1nc2ccccc2n1C)c1ccccc1. The van der Waals surface area contributed by atoms with Gasteiger partial charge >= 0.3 is 0 Å². The molecular weight excluding hydrogens is 290 g/mol. The molecule has 0 aliphatic heterocycles. The second kappa shape index (κ2) is 6.62. The third-order valence-corrected chi connectivity index (χ3v) is 3.88. The molecule has 1 N–H and O–H groups in total. The van der Waals surface area contributed by atoms with Crippen LogP contribution in [0.2, 0.25) is 0 Å². The van der Waals surface area contributed by atoms with Crippen molar-refractivity contribution in [3.05, 3.63) is 66.0 Å². The number of ether oxygens (including phenoxy) is 1. The summed E-state index contributed by atoms with van der Waals surface area (Å²) in [5, 5.41) is 2.90. The van der Waals surface area contributed by atoms with Gasteiger partial charge in [0, 0.05) is 14.2 Å². The molecule has 118 valence electrons. The van der Waals surface area contributed by atoms with Crippen LogP contribution < -0.4 is 5.32 Å². The zero-order valence-electron chi connectivity index (χ0n) is 13.2. The van der Waals surface area contributed by atoms with Crippen molar-refractivity contribution in [2.45, 2.75) is 12.6 Å². The van der Waals surface area contributed by atoms with Gasteiger partial charge in [-0.05, 0) is 17.7 Å². The zero-order chi connectivity index (χ0) is 16.2. The van der Waals surface area contributed by atoms with Crippen LogP contribution in [0.5, 0.6) is 0 Å². The Morgan fingerprint density at radius 3 is 2.57 bits per heavy atom. The number of carbonyl (C=O) groups excluding carboxylic acids is 1. The van der Waals surface area contributed by atoms with Crippen LogP contribution in [-0.4, -0.2) is 22.6 Å². The van der Waals surface area contributed by atoms with Gasteiger partial charge in [-0.2, -0.15) is 0 Å². The minimum absolute atomic E-state index is 0.175. The number of aryl methyl sites for hydroxylation is 1. The summed E-state index contributed by atoms with van der Waals surface area (Å²) in [6.45, 7) is 0.358. The third kappa shape index (κ3) is 3.10. The summed E-state index contributed by atoms with van der Waals surface area (Å²) in [7, 11) is 3.48. The van der Waals surface area contributed by atoms with Crippen molar-refractivity contribution in [2.24, 2.45) is 7.05 Å². The number of fused-ring (bicyclic) bond motifs is 1. The van der Waals surface area contributed by atoms with Gasteiger partial charge in [-0.15, -0.1) is 0 Å². The Kier molecular flexibility index (Phi) is 4.39. The quantitative estimate of drug-likeness (QED) is 0.788.